The first-order valence-electron chi connectivity index (χ1n) is 9.66. The highest BCUT2D eigenvalue weighted by atomic mass is 16.5. The lowest BCUT2D eigenvalue weighted by molar-refractivity contribution is -0.120. The fourth-order valence-corrected chi connectivity index (χ4v) is 3.56. The van der Waals surface area contributed by atoms with Crippen LogP contribution in [0.5, 0.6) is 5.75 Å². The molecule has 0 aromatic heterocycles. The van der Waals surface area contributed by atoms with Crippen LogP contribution >= 0.6 is 0 Å². The average molecular weight is 381 g/mol. The van der Waals surface area contributed by atoms with Crippen LogP contribution < -0.4 is 15.4 Å². The molecule has 2 aromatic rings. The van der Waals surface area contributed by atoms with E-state index < -0.39 is 0 Å². The summed E-state index contributed by atoms with van der Waals surface area (Å²) in [6, 6.07) is 16.9. The minimum Gasteiger partial charge on any atom is -0.496 e. The van der Waals surface area contributed by atoms with E-state index in [1.54, 1.807) is 31.4 Å². The molecular weight excluding hydrogens is 354 g/mol. The van der Waals surface area contributed by atoms with Crippen LogP contribution in [0.1, 0.15) is 34.8 Å². The minimum atomic E-state index is -0.253. The predicted molar refractivity (Wildman–Crippen MR) is 108 cm³/mol. The topological polar surface area (TPSA) is 70.7 Å². The van der Waals surface area contributed by atoms with Crippen LogP contribution in [0, 0.1) is 0 Å². The number of carbonyl (C=O) groups is 2. The van der Waals surface area contributed by atoms with Crippen LogP contribution in [0.4, 0.5) is 0 Å². The van der Waals surface area contributed by atoms with Crippen LogP contribution in [0.15, 0.2) is 54.6 Å². The maximum absolute atomic E-state index is 12.3. The molecule has 0 aliphatic carbocycles. The molecule has 0 saturated carbocycles. The van der Waals surface area contributed by atoms with Gasteiger partial charge in [0.25, 0.3) is 5.91 Å². The largest absolute Gasteiger partial charge is 0.496 e. The smallest absolute Gasteiger partial charge is 0.251 e. The molecule has 1 unspecified atom stereocenters. The third-order valence-corrected chi connectivity index (χ3v) is 5.02. The standard InChI is InChI=1S/C22H27N3O3/c1-28-20-12-6-5-11-18(20)19(25-13-7-8-14-25)15-23-21(26)16-24-22(27)17-9-3-2-4-10-17/h2-6,9-12,19H,7-8,13-16H2,1H3,(H,23,26)(H,24,27). The number of para-hydroxylation sites is 1. The Kier molecular flexibility index (Phi) is 7.03. The third kappa shape index (κ3) is 5.10. The summed E-state index contributed by atoms with van der Waals surface area (Å²) in [5.74, 6) is 0.367. The quantitative estimate of drug-likeness (QED) is 0.737. The molecule has 2 aromatic carbocycles. The van der Waals surface area contributed by atoms with Crippen molar-refractivity contribution < 1.29 is 14.3 Å². The van der Waals surface area contributed by atoms with E-state index in [0.29, 0.717) is 12.1 Å². The monoisotopic (exact) mass is 381 g/mol. The second-order valence-corrected chi connectivity index (χ2v) is 6.85. The highest BCUT2D eigenvalue weighted by Crippen LogP contribution is 2.31. The van der Waals surface area contributed by atoms with Crippen molar-refractivity contribution >= 4 is 11.8 Å². The van der Waals surface area contributed by atoms with Gasteiger partial charge in [0, 0.05) is 17.7 Å². The van der Waals surface area contributed by atoms with E-state index in [4.69, 9.17) is 4.74 Å². The van der Waals surface area contributed by atoms with Gasteiger partial charge in [-0.05, 0) is 44.1 Å². The van der Waals surface area contributed by atoms with Crippen LogP contribution in [-0.2, 0) is 4.79 Å². The Morgan fingerprint density at radius 2 is 1.68 bits per heavy atom. The maximum Gasteiger partial charge on any atom is 0.251 e. The van der Waals surface area contributed by atoms with E-state index in [2.05, 4.69) is 15.5 Å². The van der Waals surface area contributed by atoms with E-state index in [0.717, 1.165) is 37.2 Å². The van der Waals surface area contributed by atoms with Crippen molar-refractivity contribution in [1.29, 1.82) is 0 Å². The molecule has 148 valence electrons. The van der Waals surface area contributed by atoms with Crippen LogP contribution in [0.25, 0.3) is 0 Å². The second-order valence-electron chi connectivity index (χ2n) is 6.85. The van der Waals surface area contributed by atoms with Crippen molar-refractivity contribution in [2.75, 3.05) is 33.3 Å². The van der Waals surface area contributed by atoms with Gasteiger partial charge in [0.2, 0.25) is 5.91 Å². The van der Waals surface area contributed by atoms with Crippen LogP contribution in [0.3, 0.4) is 0 Å². The number of amides is 2. The fraction of sp³-hybridized carbons (Fsp3) is 0.364. The molecule has 3 rings (SSSR count). The first kappa shape index (κ1) is 19.9. The van der Waals surface area contributed by atoms with Crippen LogP contribution in [0.2, 0.25) is 0 Å². The molecule has 0 spiro atoms. The molecule has 1 aliphatic heterocycles. The summed E-state index contributed by atoms with van der Waals surface area (Å²) >= 11 is 0. The SMILES string of the molecule is COc1ccccc1C(CNC(=O)CNC(=O)c1ccccc1)N1CCCC1. The molecule has 1 aliphatic rings. The van der Waals surface area contributed by atoms with Crippen molar-refractivity contribution in [2.24, 2.45) is 0 Å². The Hall–Kier alpha value is -2.86. The molecule has 2 N–H and O–H groups in total. The molecule has 28 heavy (non-hydrogen) atoms. The van der Waals surface area contributed by atoms with E-state index in [-0.39, 0.29) is 24.4 Å². The van der Waals surface area contributed by atoms with E-state index in [9.17, 15) is 9.59 Å². The molecule has 6 heteroatoms. The van der Waals surface area contributed by atoms with Crippen molar-refractivity contribution in [3.05, 3.63) is 65.7 Å². The highest BCUT2D eigenvalue weighted by Gasteiger charge is 2.26. The molecule has 2 amide bonds. The number of ether oxygens (including phenoxy) is 1. The lowest BCUT2D eigenvalue weighted by Crippen LogP contribution is -2.41. The van der Waals surface area contributed by atoms with Gasteiger partial charge in [-0.15, -0.1) is 0 Å². The molecule has 0 bridgehead atoms. The normalized spacial score (nSPS) is 15.0. The number of hydrogen-bond acceptors (Lipinski definition) is 4. The lowest BCUT2D eigenvalue weighted by atomic mass is 10.0. The lowest BCUT2D eigenvalue weighted by Gasteiger charge is -2.29. The van der Waals surface area contributed by atoms with Gasteiger partial charge < -0.3 is 15.4 Å². The summed E-state index contributed by atoms with van der Waals surface area (Å²) in [6.45, 7) is 2.43. The third-order valence-electron chi connectivity index (χ3n) is 5.02. The van der Waals surface area contributed by atoms with Gasteiger partial charge in [0.15, 0.2) is 0 Å². The zero-order chi connectivity index (χ0) is 19.8. The highest BCUT2D eigenvalue weighted by molar-refractivity contribution is 5.96. The molecule has 1 saturated heterocycles. The summed E-state index contributed by atoms with van der Waals surface area (Å²) < 4.78 is 5.52. The Bertz CT molecular complexity index is 789. The summed E-state index contributed by atoms with van der Waals surface area (Å²) in [4.78, 5) is 26.8. The fourth-order valence-electron chi connectivity index (χ4n) is 3.56. The number of rotatable bonds is 8. The number of nitrogens with zero attached hydrogens (tertiary/aromatic N) is 1. The Morgan fingerprint density at radius 1 is 1.00 bits per heavy atom. The van der Waals surface area contributed by atoms with E-state index in [1.807, 2.05) is 30.3 Å². The second kappa shape index (κ2) is 9.90. The number of carbonyl (C=O) groups excluding carboxylic acids is 2. The van der Waals surface area contributed by atoms with E-state index >= 15 is 0 Å². The first-order valence-corrected chi connectivity index (χ1v) is 9.66. The van der Waals surface area contributed by atoms with Crippen molar-refractivity contribution in [2.45, 2.75) is 18.9 Å². The van der Waals surface area contributed by atoms with Gasteiger partial charge >= 0.3 is 0 Å². The van der Waals surface area contributed by atoms with Gasteiger partial charge in [-0.2, -0.15) is 0 Å². The van der Waals surface area contributed by atoms with Crippen LogP contribution in [-0.4, -0.2) is 50.0 Å². The van der Waals surface area contributed by atoms with Gasteiger partial charge in [0.1, 0.15) is 5.75 Å². The van der Waals surface area contributed by atoms with Crippen molar-refractivity contribution in [3.8, 4) is 5.75 Å². The van der Waals surface area contributed by atoms with Gasteiger partial charge in [-0.3, -0.25) is 14.5 Å². The molecule has 1 heterocycles. The zero-order valence-corrected chi connectivity index (χ0v) is 16.2. The van der Waals surface area contributed by atoms with Crippen molar-refractivity contribution in [1.82, 2.24) is 15.5 Å². The molecule has 0 radical (unpaired) electrons. The van der Waals surface area contributed by atoms with Gasteiger partial charge in [-0.1, -0.05) is 36.4 Å². The summed E-state index contributed by atoms with van der Waals surface area (Å²) in [5, 5.41) is 5.63. The Balaban J connectivity index is 1.58. The number of benzene rings is 2. The predicted octanol–water partition coefficient (Wildman–Crippen LogP) is 2.38. The maximum atomic E-state index is 12.3. The van der Waals surface area contributed by atoms with Crippen molar-refractivity contribution in [3.63, 3.8) is 0 Å². The summed E-state index contributed by atoms with van der Waals surface area (Å²) in [5.41, 5.74) is 1.61. The number of likely N-dealkylation sites (tertiary alicyclic amines) is 1. The Labute approximate surface area is 165 Å². The molecule has 1 fully saturated rings. The molecular formula is C22H27N3O3. The molecule has 6 nitrogen and oxygen atoms in total. The number of hydrogen-bond donors (Lipinski definition) is 2. The Morgan fingerprint density at radius 3 is 2.39 bits per heavy atom. The number of nitrogens with one attached hydrogen (secondary N) is 2. The molecule has 1 atom stereocenters. The van der Waals surface area contributed by atoms with Gasteiger partial charge in [-0.25, -0.2) is 0 Å². The van der Waals surface area contributed by atoms with Gasteiger partial charge in [0.05, 0.1) is 19.7 Å². The zero-order valence-electron chi connectivity index (χ0n) is 16.2. The number of methoxy groups -OCH3 is 1. The summed E-state index contributed by atoms with van der Waals surface area (Å²) in [7, 11) is 1.66. The van der Waals surface area contributed by atoms with E-state index in [1.165, 1.54) is 0 Å². The first-order chi connectivity index (χ1) is 13.7. The summed E-state index contributed by atoms with van der Waals surface area (Å²) in [6.07, 6.45) is 2.32. The minimum absolute atomic E-state index is 0.0485. The average Bonchev–Trinajstić information content (AvgIpc) is 3.27.